The molecular weight excluding hydrogens is 458 g/mol. The SMILES string of the molecule is CNc1ncnc(-c2cccnc2Nc2c(C)ccc3c(Nc4ccc(Cl)cc4)nccc23)c1C. The third-order valence-electron chi connectivity index (χ3n) is 5.89. The van der Waals surface area contributed by atoms with E-state index in [0.717, 1.165) is 62.0 Å². The summed E-state index contributed by atoms with van der Waals surface area (Å²) in [6.45, 7) is 4.08. The van der Waals surface area contributed by atoms with E-state index >= 15 is 0 Å². The van der Waals surface area contributed by atoms with Gasteiger partial charge in [0.05, 0.1) is 11.4 Å². The van der Waals surface area contributed by atoms with Crippen molar-refractivity contribution < 1.29 is 0 Å². The van der Waals surface area contributed by atoms with Gasteiger partial charge in [0.25, 0.3) is 0 Å². The first kappa shape index (κ1) is 22.6. The quantitative estimate of drug-likeness (QED) is 0.243. The second kappa shape index (κ2) is 9.56. The van der Waals surface area contributed by atoms with E-state index in [4.69, 9.17) is 11.6 Å². The van der Waals surface area contributed by atoms with E-state index in [1.807, 2.05) is 56.4 Å². The van der Waals surface area contributed by atoms with Gasteiger partial charge in [-0.25, -0.2) is 19.9 Å². The van der Waals surface area contributed by atoms with Crippen LogP contribution in [0.5, 0.6) is 0 Å². The van der Waals surface area contributed by atoms with Gasteiger partial charge in [-0.15, -0.1) is 0 Å². The lowest BCUT2D eigenvalue weighted by atomic mass is 10.0. The summed E-state index contributed by atoms with van der Waals surface area (Å²) in [5.41, 5.74) is 5.64. The van der Waals surface area contributed by atoms with Crippen molar-refractivity contribution in [3.63, 3.8) is 0 Å². The summed E-state index contributed by atoms with van der Waals surface area (Å²) < 4.78 is 0. The molecule has 3 heterocycles. The van der Waals surface area contributed by atoms with Crippen LogP contribution in [-0.2, 0) is 0 Å². The van der Waals surface area contributed by atoms with E-state index in [9.17, 15) is 0 Å². The predicted molar refractivity (Wildman–Crippen MR) is 144 cm³/mol. The molecule has 8 heteroatoms. The number of anilines is 5. The Morgan fingerprint density at radius 3 is 2.31 bits per heavy atom. The highest BCUT2D eigenvalue weighted by Gasteiger charge is 2.16. The van der Waals surface area contributed by atoms with Crippen molar-refractivity contribution in [2.45, 2.75) is 13.8 Å². The van der Waals surface area contributed by atoms with Crippen LogP contribution < -0.4 is 16.0 Å². The van der Waals surface area contributed by atoms with E-state index in [-0.39, 0.29) is 0 Å². The second-order valence-electron chi connectivity index (χ2n) is 8.11. The Hall–Kier alpha value is -4.23. The Morgan fingerprint density at radius 1 is 0.714 bits per heavy atom. The number of pyridine rings is 2. The number of benzene rings is 2. The molecule has 35 heavy (non-hydrogen) atoms. The fraction of sp³-hybridized carbons (Fsp3) is 0.111. The summed E-state index contributed by atoms with van der Waals surface area (Å²) in [6.07, 6.45) is 5.14. The molecule has 2 aromatic carbocycles. The molecule has 5 aromatic rings. The largest absolute Gasteiger partial charge is 0.373 e. The Morgan fingerprint density at radius 2 is 1.51 bits per heavy atom. The van der Waals surface area contributed by atoms with Gasteiger partial charge in [-0.1, -0.05) is 23.7 Å². The average Bonchev–Trinajstić information content (AvgIpc) is 2.88. The van der Waals surface area contributed by atoms with Crippen molar-refractivity contribution in [1.82, 2.24) is 19.9 Å². The van der Waals surface area contributed by atoms with E-state index in [1.54, 1.807) is 18.7 Å². The number of halogens is 1. The first-order valence-electron chi connectivity index (χ1n) is 11.2. The molecule has 0 atom stereocenters. The summed E-state index contributed by atoms with van der Waals surface area (Å²) in [6, 6.07) is 17.7. The first-order valence-corrected chi connectivity index (χ1v) is 11.6. The number of rotatable bonds is 6. The highest BCUT2D eigenvalue weighted by molar-refractivity contribution is 6.30. The fourth-order valence-corrected chi connectivity index (χ4v) is 4.21. The number of nitrogens with one attached hydrogen (secondary N) is 3. The Kier molecular flexibility index (Phi) is 6.16. The van der Waals surface area contributed by atoms with E-state index < -0.39 is 0 Å². The van der Waals surface area contributed by atoms with Crippen molar-refractivity contribution in [2.24, 2.45) is 0 Å². The third kappa shape index (κ3) is 4.46. The van der Waals surface area contributed by atoms with Crippen LogP contribution in [0, 0.1) is 13.8 Å². The maximum Gasteiger partial charge on any atom is 0.139 e. The van der Waals surface area contributed by atoms with Crippen molar-refractivity contribution in [2.75, 3.05) is 23.0 Å². The van der Waals surface area contributed by atoms with Crippen molar-refractivity contribution in [3.8, 4) is 11.3 Å². The number of hydrogen-bond acceptors (Lipinski definition) is 7. The minimum atomic E-state index is 0.690. The number of hydrogen-bond donors (Lipinski definition) is 3. The minimum absolute atomic E-state index is 0.690. The number of nitrogens with zero attached hydrogens (tertiary/aromatic N) is 4. The number of aryl methyl sites for hydroxylation is 1. The summed E-state index contributed by atoms with van der Waals surface area (Å²) in [7, 11) is 1.85. The topological polar surface area (TPSA) is 87.7 Å². The molecule has 3 aromatic heterocycles. The molecule has 0 fully saturated rings. The van der Waals surface area contributed by atoms with Gasteiger partial charge in [-0.3, -0.25) is 0 Å². The molecule has 7 nitrogen and oxygen atoms in total. The molecule has 0 spiro atoms. The lowest BCUT2D eigenvalue weighted by Crippen LogP contribution is -2.03. The third-order valence-corrected chi connectivity index (χ3v) is 6.14. The van der Waals surface area contributed by atoms with E-state index in [2.05, 4.69) is 54.9 Å². The van der Waals surface area contributed by atoms with Gasteiger partial charge in [0.15, 0.2) is 0 Å². The van der Waals surface area contributed by atoms with Gasteiger partial charge in [0.2, 0.25) is 0 Å². The molecule has 0 saturated carbocycles. The molecule has 0 aliphatic carbocycles. The van der Waals surface area contributed by atoms with Crippen LogP contribution >= 0.6 is 11.6 Å². The van der Waals surface area contributed by atoms with Crippen LogP contribution in [0.15, 0.2) is 73.3 Å². The molecule has 5 rings (SSSR count). The van der Waals surface area contributed by atoms with Gasteiger partial charge < -0.3 is 16.0 Å². The van der Waals surface area contributed by atoms with Gasteiger partial charge in [-0.05, 0) is 61.9 Å². The molecular formula is C27H24ClN7. The normalized spacial score (nSPS) is 10.9. The molecule has 174 valence electrons. The lowest BCUT2D eigenvalue weighted by molar-refractivity contribution is 1.12. The molecule has 0 unspecified atom stereocenters. The monoisotopic (exact) mass is 481 g/mol. The Bertz CT molecular complexity index is 1520. The van der Waals surface area contributed by atoms with Crippen LogP contribution in [0.3, 0.4) is 0 Å². The molecule has 0 bridgehead atoms. The molecule has 0 aliphatic rings. The summed E-state index contributed by atoms with van der Waals surface area (Å²) >= 11 is 6.04. The van der Waals surface area contributed by atoms with Crippen LogP contribution in [0.1, 0.15) is 11.1 Å². The standard InChI is InChI=1S/C27H24ClN7/c1-16-6-11-21-20(12-14-31-26(21)34-19-9-7-18(28)8-10-19)23(16)35-27-22(5-4-13-30-27)24-17(2)25(29-3)33-15-32-24/h4-15H,1-3H3,(H,30,35)(H,31,34)(H,29,32,33). The Balaban J connectivity index is 1.58. The zero-order valence-corrected chi connectivity index (χ0v) is 20.4. The smallest absolute Gasteiger partial charge is 0.139 e. The zero-order valence-electron chi connectivity index (χ0n) is 19.6. The van der Waals surface area contributed by atoms with Crippen molar-refractivity contribution in [3.05, 3.63) is 89.5 Å². The number of aromatic nitrogens is 4. The van der Waals surface area contributed by atoms with E-state index in [1.165, 1.54) is 0 Å². The summed E-state index contributed by atoms with van der Waals surface area (Å²) in [5, 5.41) is 12.8. The van der Waals surface area contributed by atoms with E-state index in [0.29, 0.717) is 5.02 Å². The molecule has 0 amide bonds. The van der Waals surface area contributed by atoms with Crippen LogP contribution in [0.4, 0.5) is 28.8 Å². The van der Waals surface area contributed by atoms with Gasteiger partial charge >= 0.3 is 0 Å². The van der Waals surface area contributed by atoms with Crippen LogP contribution in [0.2, 0.25) is 5.02 Å². The van der Waals surface area contributed by atoms with Gasteiger partial charge in [0, 0.05) is 52.1 Å². The van der Waals surface area contributed by atoms with Crippen LogP contribution in [0.25, 0.3) is 22.0 Å². The predicted octanol–water partition coefficient (Wildman–Crippen LogP) is 6.89. The molecule has 0 radical (unpaired) electrons. The second-order valence-corrected chi connectivity index (χ2v) is 8.55. The highest BCUT2D eigenvalue weighted by Crippen LogP contribution is 2.36. The fourth-order valence-electron chi connectivity index (χ4n) is 4.09. The molecule has 3 N–H and O–H groups in total. The maximum atomic E-state index is 6.04. The summed E-state index contributed by atoms with van der Waals surface area (Å²) in [5.74, 6) is 2.27. The first-order chi connectivity index (χ1) is 17.0. The van der Waals surface area contributed by atoms with Crippen molar-refractivity contribution in [1.29, 1.82) is 0 Å². The van der Waals surface area contributed by atoms with Crippen LogP contribution in [-0.4, -0.2) is 27.0 Å². The zero-order chi connectivity index (χ0) is 24.4. The van der Waals surface area contributed by atoms with Gasteiger partial charge in [0.1, 0.15) is 23.8 Å². The van der Waals surface area contributed by atoms with Crippen molar-refractivity contribution >= 4 is 51.2 Å². The summed E-state index contributed by atoms with van der Waals surface area (Å²) in [4.78, 5) is 18.1. The molecule has 0 saturated heterocycles. The number of fused-ring (bicyclic) bond motifs is 1. The molecule has 0 aliphatic heterocycles. The Labute approximate surface area is 208 Å². The highest BCUT2D eigenvalue weighted by atomic mass is 35.5. The average molecular weight is 482 g/mol. The minimum Gasteiger partial charge on any atom is -0.373 e. The maximum absolute atomic E-state index is 6.04. The van der Waals surface area contributed by atoms with Gasteiger partial charge in [-0.2, -0.15) is 0 Å². The lowest BCUT2D eigenvalue weighted by Gasteiger charge is -2.17.